The fourth-order valence-electron chi connectivity index (χ4n) is 2.94. The van der Waals surface area contributed by atoms with Gasteiger partial charge in [0, 0.05) is 36.0 Å². The third kappa shape index (κ3) is 5.57. The molecule has 2 aromatic carbocycles. The Kier molecular flexibility index (Phi) is 7.03. The van der Waals surface area contributed by atoms with Crippen LogP contribution in [-0.2, 0) is 6.42 Å². The van der Waals surface area contributed by atoms with E-state index < -0.39 is 0 Å². The van der Waals surface area contributed by atoms with Gasteiger partial charge < -0.3 is 15.5 Å². The van der Waals surface area contributed by atoms with Gasteiger partial charge in [0.25, 0.3) is 0 Å². The van der Waals surface area contributed by atoms with Crippen molar-refractivity contribution in [1.82, 2.24) is 15.2 Å². The zero-order valence-corrected chi connectivity index (χ0v) is 16.9. The normalized spacial score (nSPS) is 10.5. The van der Waals surface area contributed by atoms with Crippen LogP contribution in [0.15, 0.2) is 54.7 Å². The maximum absolute atomic E-state index is 6.02. The summed E-state index contributed by atoms with van der Waals surface area (Å²) in [5.41, 5.74) is 3.30. The van der Waals surface area contributed by atoms with Crippen molar-refractivity contribution in [2.45, 2.75) is 20.3 Å². The van der Waals surface area contributed by atoms with Gasteiger partial charge >= 0.3 is 0 Å². The Bertz CT molecular complexity index is 880. The molecule has 0 amide bonds. The first-order valence-electron chi connectivity index (χ1n) is 9.48. The fraction of sp³-hybridized carbons (Fsp3) is 0.286. The molecule has 28 heavy (non-hydrogen) atoms. The summed E-state index contributed by atoms with van der Waals surface area (Å²) in [6.45, 7) is 7.01. The molecule has 3 rings (SSSR count). The summed E-state index contributed by atoms with van der Waals surface area (Å²) in [5.74, 6) is 1.14. The molecule has 7 heteroatoms. The molecule has 2 N–H and O–H groups in total. The lowest BCUT2D eigenvalue weighted by molar-refractivity contribution is 0.866. The molecule has 0 saturated carbocycles. The summed E-state index contributed by atoms with van der Waals surface area (Å²) >= 11 is 6.02. The number of nitrogens with one attached hydrogen (secondary N) is 2. The van der Waals surface area contributed by atoms with Gasteiger partial charge in [-0.25, -0.2) is 0 Å². The Labute approximate surface area is 171 Å². The molecule has 6 nitrogen and oxygen atoms in total. The molecule has 146 valence electrons. The van der Waals surface area contributed by atoms with Gasteiger partial charge in [0.2, 0.25) is 5.95 Å². The molecule has 0 radical (unpaired) electrons. The summed E-state index contributed by atoms with van der Waals surface area (Å²) < 4.78 is 0. The van der Waals surface area contributed by atoms with Gasteiger partial charge in [-0.3, -0.25) is 0 Å². The highest BCUT2D eigenvalue weighted by atomic mass is 35.5. The monoisotopic (exact) mass is 396 g/mol. The smallest absolute Gasteiger partial charge is 0.249 e. The zero-order chi connectivity index (χ0) is 19.8. The van der Waals surface area contributed by atoms with Crippen molar-refractivity contribution in [3.05, 3.63) is 65.3 Å². The highest BCUT2D eigenvalue weighted by Gasteiger charge is 2.04. The van der Waals surface area contributed by atoms with Crippen molar-refractivity contribution >= 4 is 34.7 Å². The number of nitrogens with zero attached hydrogens (tertiary/aromatic N) is 4. The predicted molar refractivity (Wildman–Crippen MR) is 117 cm³/mol. The highest BCUT2D eigenvalue weighted by molar-refractivity contribution is 6.30. The van der Waals surface area contributed by atoms with Crippen LogP contribution >= 0.6 is 11.6 Å². The largest absolute Gasteiger partial charge is 0.372 e. The second kappa shape index (κ2) is 9.90. The SMILES string of the molecule is CCN(CC)c1ccc(Nc2nncc(NCCc3cccc(Cl)c3)n2)cc1. The van der Waals surface area contributed by atoms with E-state index in [-0.39, 0.29) is 0 Å². The van der Waals surface area contributed by atoms with E-state index in [4.69, 9.17) is 11.6 Å². The standard InChI is InChI=1S/C21H25ClN6/c1-3-28(4-2)19-10-8-18(9-11-19)25-21-26-20(15-24-27-21)23-13-12-16-6-5-7-17(22)14-16/h5-11,14-15H,3-4,12-13H2,1-2H3,(H2,23,25,26,27). The maximum atomic E-state index is 6.02. The average molecular weight is 397 g/mol. The summed E-state index contributed by atoms with van der Waals surface area (Å²) in [6.07, 6.45) is 2.47. The lowest BCUT2D eigenvalue weighted by Crippen LogP contribution is -2.21. The Morgan fingerprint density at radius 1 is 1.04 bits per heavy atom. The van der Waals surface area contributed by atoms with E-state index in [1.807, 2.05) is 30.3 Å². The summed E-state index contributed by atoms with van der Waals surface area (Å²) in [6, 6.07) is 16.1. The average Bonchev–Trinajstić information content (AvgIpc) is 2.71. The van der Waals surface area contributed by atoms with Gasteiger partial charge in [0.15, 0.2) is 5.82 Å². The third-order valence-corrected chi connectivity index (χ3v) is 4.65. The van der Waals surface area contributed by atoms with Crippen molar-refractivity contribution in [3.8, 4) is 0 Å². The van der Waals surface area contributed by atoms with Crippen LogP contribution in [-0.4, -0.2) is 34.8 Å². The van der Waals surface area contributed by atoms with Crippen LogP contribution in [0.5, 0.6) is 0 Å². The second-order valence-corrected chi connectivity index (χ2v) is 6.75. The molecular formula is C21H25ClN6. The highest BCUT2D eigenvalue weighted by Crippen LogP contribution is 2.20. The molecule has 0 aliphatic rings. The quantitative estimate of drug-likeness (QED) is 0.543. The lowest BCUT2D eigenvalue weighted by Gasteiger charge is -2.21. The Morgan fingerprint density at radius 3 is 2.54 bits per heavy atom. The Morgan fingerprint density at radius 2 is 1.82 bits per heavy atom. The van der Waals surface area contributed by atoms with Crippen LogP contribution in [0.3, 0.4) is 0 Å². The lowest BCUT2D eigenvalue weighted by atomic mass is 10.1. The minimum Gasteiger partial charge on any atom is -0.372 e. The molecule has 0 fully saturated rings. The van der Waals surface area contributed by atoms with Crippen molar-refractivity contribution in [2.24, 2.45) is 0 Å². The topological polar surface area (TPSA) is 66.0 Å². The molecule has 0 saturated heterocycles. The number of rotatable bonds is 9. The van der Waals surface area contributed by atoms with Crippen LogP contribution in [0.4, 0.5) is 23.1 Å². The third-order valence-electron chi connectivity index (χ3n) is 4.42. The van der Waals surface area contributed by atoms with Gasteiger partial charge in [0.1, 0.15) is 0 Å². The van der Waals surface area contributed by atoms with E-state index in [1.165, 1.54) is 11.3 Å². The molecule has 3 aromatic rings. The number of halogens is 1. The van der Waals surface area contributed by atoms with E-state index in [9.17, 15) is 0 Å². The van der Waals surface area contributed by atoms with Gasteiger partial charge in [-0.15, -0.1) is 5.10 Å². The predicted octanol–water partition coefficient (Wildman–Crippen LogP) is 4.77. The maximum Gasteiger partial charge on any atom is 0.249 e. The minimum absolute atomic E-state index is 0.461. The van der Waals surface area contributed by atoms with Crippen LogP contribution in [0.1, 0.15) is 19.4 Å². The van der Waals surface area contributed by atoms with Crippen molar-refractivity contribution in [3.63, 3.8) is 0 Å². The Hall–Kier alpha value is -2.86. The van der Waals surface area contributed by atoms with E-state index >= 15 is 0 Å². The van der Waals surface area contributed by atoms with Crippen LogP contribution in [0.25, 0.3) is 0 Å². The summed E-state index contributed by atoms with van der Waals surface area (Å²) in [4.78, 5) is 6.77. The number of anilines is 4. The number of hydrogen-bond donors (Lipinski definition) is 2. The number of aromatic nitrogens is 3. The Balaban J connectivity index is 1.57. The van der Waals surface area contributed by atoms with Crippen LogP contribution in [0, 0.1) is 0 Å². The molecule has 0 atom stereocenters. The fourth-order valence-corrected chi connectivity index (χ4v) is 3.16. The van der Waals surface area contributed by atoms with Crippen LogP contribution < -0.4 is 15.5 Å². The van der Waals surface area contributed by atoms with E-state index in [0.29, 0.717) is 11.8 Å². The molecule has 0 aliphatic heterocycles. The van der Waals surface area contributed by atoms with Gasteiger partial charge in [-0.05, 0) is 62.2 Å². The molecule has 0 aliphatic carbocycles. The van der Waals surface area contributed by atoms with E-state index in [0.717, 1.165) is 36.8 Å². The molecule has 1 aromatic heterocycles. The second-order valence-electron chi connectivity index (χ2n) is 6.32. The van der Waals surface area contributed by atoms with Gasteiger partial charge in [-0.1, -0.05) is 23.7 Å². The van der Waals surface area contributed by atoms with Crippen molar-refractivity contribution in [2.75, 3.05) is 35.2 Å². The molecule has 0 unspecified atom stereocenters. The molecule has 0 spiro atoms. The van der Waals surface area contributed by atoms with Crippen LogP contribution in [0.2, 0.25) is 5.02 Å². The minimum atomic E-state index is 0.461. The summed E-state index contributed by atoms with van der Waals surface area (Å²) in [5, 5.41) is 15.3. The number of hydrogen-bond acceptors (Lipinski definition) is 6. The first-order valence-corrected chi connectivity index (χ1v) is 9.85. The first-order chi connectivity index (χ1) is 13.7. The number of benzene rings is 2. The van der Waals surface area contributed by atoms with E-state index in [2.05, 4.69) is 62.8 Å². The van der Waals surface area contributed by atoms with E-state index in [1.54, 1.807) is 6.20 Å². The summed E-state index contributed by atoms with van der Waals surface area (Å²) in [7, 11) is 0. The van der Waals surface area contributed by atoms with Crippen molar-refractivity contribution < 1.29 is 0 Å². The van der Waals surface area contributed by atoms with Crippen molar-refractivity contribution in [1.29, 1.82) is 0 Å². The van der Waals surface area contributed by atoms with Gasteiger partial charge in [-0.2, -0.15) is 10.1 Å². The molecule has 1 heterocycles. The zero-order valence-electron chi connectivity index (χ0n) is 16.2. The molecule has 0 bridgehead atoms. The first kappa shape index (κ1) is 19.9. The van der Waals surface area contributed by atoms with Gasteiger partial charge in [0.05, 0.1) is 6.20 Å². The molecular weight excluding hydrogens is 372 g/mol.